The Hall–Kier alpha value is -2.83. The van der Waals surface area contributed by atoms with Gasteiger partial charge in [0.2, 0.25) is 5.91 Å². The molecule has 1 N–H and O–H groups in total. The van der Waals surface area contributed by atoms with E-state index in [1.165, 1.54) is 24.3 Å². The molecule has 3 aromatic rings. The van der Waals surface area contributed by atoms with Crippen molar-refractivity contribution in [1.82, 2.24) is 0 Å². The molecule has 3 aromatic carbocycles. The van der Waals surface area contributed by atoms with Crippen LogP contribution in [0.25, 0.3) is 0 Å². The lowest BCUT2D eigenvalue weighted by molar-refractivity contribution is -0.114. The van der Waals surface area contributed by atoms with Crippen molar-refractivity contribution >= 4 is 38.9 Å². The first-order valence-electron chi connectivity index (χ1n) is 9.53. The number of hydrogen-bond donors (Lipinski definition) is 1. The first-order valence-corrected chi connectivity index (χ1v) is 11.3. The molecule has 0 spiro atoms. The van der Waals surface area contributed by atoms with Gasteiger partial charge in [-0.15, -0.1) is 0 Å². The van der Waals surface area contributed by atoms with E-state index in [1.54, 1.807) is 36.4 Å². The molecule has 156 valence electrons. The summed E-state index contributed by atoms with van der Waals surface area (Å²) in [5, 5.41) is 3.21. The number of amides is 1. The van der Waals surface area contributed by atoms with Crippen LogP contribution < -0.4 is 9.62 Å². The van der Waals surface area contributed by atoms with Gasteiger partial charge in [-0.1, -0.05) is 48.4 Å². The van der Waals surface area contributed by atoms with E-state index >= 15 is 0 Å². The maximum Gasteiger partial charge on any atom is 0.264 e. The molecule has 3 rings (SSSR count). The van der Waals surface area contributed by atoms with Crippen LogP contribution in [-0.4, -0.2) is 20.9 Å². The van der Waals surface area contributed by atoms with Gasteiger partial charge in [0.25, 0.3) is 10.0 Å². The average Bonchev–Trinajstić information content (AvgIpc) is 2.73. The zero-order valence-corrected chi connectivity index (χ0v) is 18.4. The molecule has 0 bridgehead atoms. The molecule has 0 radical (unpaired) electrons. The highest BCUT2D eigenvalue weighted by molar-refractivity contribution is 7.92. The second-order valence-corrected chi connectivity index (χ2v) is 9.20. The van der Waals surface area contributed by atoms with Gasteiger partial charge in [-0.3, -0.25) is 9.10 Å². The summed E-state index contributed by atoms with van der Waals surface area (Å²) in [4.78, 5) is 12.8. The Labute approximate surface area is 182 Å². The van der Waals surface area contributed by atoms with Crippen molar-refractivity contribution in [1.29, 1.82) is 0 Å². The maximum absolute atomic E-state index is 13.3. The van der Waals surface area contributed by atoms with Crippen LogP contribution in [0.15, 0.2) is 77.7 Å². The Kier molecular flexibility index (Phi) is 6.80. The Morgan fingerprint density at radius 3 is 2.10 bits per heavy atom. The number of hydrogen-bond acceptors (Lipinski definition) is 3. The predicted molar refractivity (Wildman–Crippen MR) is 122 cm³/mol. The topological polar surface area (TPSA) is 66.5 Å². The molecule has 0 saturated heterocycles. The van der Waals surface area contributed by atoms with Crippen molar-refractivity contribution in [2.75, 3.05) is 16.2 Å². The van der Waals surface area contributed by atoms with Crippen LogP contribution in [0.5, 0.6) is 0 Å². The smallest absolute Gasteiger partial charge is 0.264 e. The number of carbonyl (C=O) groups is 1. The van der Waals surface area contributed by atoms with Crippen molar-refractivity contribution in [2.24, 2.45) is 0 Å². The van der Waals surface area contributed by atoms with Gasteiger partial charge in [0.1, 0.15) is 6.54 Å². The van der Waals surface area contributed by atoms with E-state index in [4.69, 9.17) is 11.6 Å². The van der Waals surface area contributed by atoms with Crippen molar-refractivity contribution in [3.8, 4) is 0 Å². The maximum atomic E-state index is 13.3. The molecule has 0 saturated carbocycles. The summed E-state index contributed by atoms with van der Waals surface area (Å²) in [6, 6.07) is 20.3. The molecule has 0 atom stereocenters. The Morgan fingerprint density at radius 2 is 1.53 bits per heavy atom. The molecule has 0 heterocycles. The van der Waals surface area contributed by atoms with Gasteiger partial charge in [0, 0.05) is 10.7 Å². The summed E-state index contributed by atoms with van der Waals surface area (Å²) in [6.45, 7) is 3.60. The normalized spacial score (nSPS) is 11.2. The minimum Gasteiger partial charge on any atom is -0.325 e. The molecule has 0 aliphatic rings. The molecule has 7 heteroatoms. The minimum absolute atomic E-state index is 0.0626. The Morgan fingerprint density at radius 1 is 0.933 bits per heavy atom. The number of anilines is 2. The third-order valence-electron chi connectivity index (χ3n) is 4.66. The minimum atomic E-state index is -3.97. The monoisotopic (exact) mass is 442 g/mol. The lowest BCUT2D eigenvalue weighted by Crippen LogP contribution is -2.38. The summed E-state index contributed by atoms with van der Waals surface area (Å²) in [5.74, 6) is -0.433. The standard InChI is InChI=1S/C23H23ClN2O3S/c1-3-18-6-10-20(11-7-18)25-23(27)16-26(21-12-4-17(2)5-13-21)30(28,29)22-14-8-19(24)9-15-22/h4-15H,3,16H2,1-2H3,(H,25,27). The van der Waals surface area contributed by atoms with Crippen LogP contribution in [0.1, 0.15) is 18.1 Å². The van der Waals surface area contributed by atoms with Gasteiger partial charge < -0.3 is 5.32 Å². The highest BCUT2D eigenvalue weighted by Crippen LogP contribution is 2.25. The zero-order valence-electron chi connectivity index (χ0n) is 16.8. The largest absolute Gasteiger partial charge is 0.325 e. The number of halogens is 1. The fourth-order valence-corrected chi connectivity index (χ4v) is 4.46. The third kappa shape index (κ3) is 5.20. The summed E-state index contributed by atoms with van der Waals surface area (Å²) < 4.78 is 27.7. The van der Waals surface area contributed by atoms with Crippen LogP contribution in [-0.2, 0) is 21.2 Å². The molecule has 0 aromatic heterocycles. The van der Waals surface area contributed by atoms with E-state index in [2.05, 4.69) is 12.2 Å². The van der Waals surface area contributed by atoms with E-state index in [-0.39, 0.29) is 11.4 Å². The Bertz CT molecular complexity index is 1110. The molecular formula is C23H23ClN2O3S. The molecule has 0 aliphatic heterocycles. The number of sulfonamides is 1. The SMILES string of the molecule is CCc1ccc(NC(=O)CN(c2ccc(C)cc2)S(=O)(=O)c2ccc(Cl)cc2)cc1. The molecule has 0 unspecified atom stereocenters. The fourth-order valence-electron chi connectivity index (χ4n) is 2.91. The van der Waals surface area contributed by atoms with Gasteiger partial charge in [0.05, 0.1) is 10.6 Å². The van der Waals surface area contributed by atoms with Gasteiger partial charge in [0.15, 0.2) is 0 Å². The van der Waals surface area contributed by atoms with Crippen molar-refractivity contribution < 1.29 is 13.2 Å². The number of aryl methyl sites for hydroxylation is 2. The molecular weight excluding hydrogens is 420 g/mol. The number of nitrogens with zero attached hydrogens (tertiary/aromatic N) is 1. The van der Waals surface area contributed by atoms with Crippen molar-refractivity contribution in [3.63, 3.8) is 0 Å². The second-order valence-electron chi connectivity index (χ2n) is 6.90. The third-order valence-corrected chi connectivity index (χ3v) is 6.70. The van der Waals surface area contributed by atoms with Gasteiger partial charge >= 0.3 is 0 Å². The molecule has 5 nitrogen and oxygen atoms in total. The van der Waals surface area contributed by atoms with E-state index < -0.39 is 15.9 Å². The average molecular weight is 443 g/mol. The number of nitrogens with one attached hydrogen (secondary N) is 1. The summed E-state index contributed by atoms with van der Waals surface area (Å²) in [7, 11) is -3.97. The summed E-state index contributed by atoms with van der Waals surface area (Å²) >= 11 is 5.90. The molecule has 0 fully saturated rings. The van der Waals surface area contributed by atoms with E-state index in [0.717, 1.165) is 21.9 Å². The van der Waals surface area contributed by atoms with Crippen LogP contribution >= 0.6 is 11.6 Å². The van der Waals surface area contributed by atoms with Crippen LogP contribution in [0, 0.1) is 6.92 Å². The van der Waals surface area contributed by atoms with E-state index in [0.29, 0.717) is 16.4 Å². The lowest BCUT2D eigenvalue weighted by Gasteiger charge is -2.24. The number of carbonyl (C=O) groups excluding carboxylic acids is 1. The van der Waals surface area contributed by atoms with Crippen LogP contribution in [0.2, 0.25) is 5.02 Å². The van der Waals surface area contributed by atoms with Gasteiger partial charge in [-0.25, -0.2) is 8.42 Å². The van der Waals surface area contributed by atoms with Gasteiger partial charge in [-0.05, 0) is 67.4 Å². The van der Waals surface area contributed by atoms with Gasteiger partial charge in [-0.2, -0.15) is 0 Å². The Balaban J connectivity index is 1.90. The quantitative estimate of drug-likeness (QED) is 0.557. The van der Waals surface area contributed by atoms with E-state index in [9.17, 15) is 13.2 Å². The fraction of sp³-hybridized carbons (Fsp3) is 0.174. The summed E-state index contributed by atoms with van der Waals surface area (Å²) in [5.41, 5.74) is 3.17. The van der Waals surface area contributed by atoms with E-state index in [1.807, 2.05) is 19.1 Å². The predicted octanol–water partition coefficient (Wildman–Crippen LogP) is 5.04. The van der Waals surface area contributed by atoms with Crippen LogP contribution in [0.3, 0.4) is 0 Å². The summed E-state index contributed by atoms with van der Waals surface area (Å²) in [6.07, 6.45) is 0.898. The lowest BCUT2D eigenvalue weighted by atomic mass is 10.1. The molecule has 0 aliphatic carbocycles. The highest BCUT2D eigenvalue weighted by Gasteiger charge is 2.27. The van der Waals surface area contributed by atoms with Crippen molar-refractivity contribution in [3.05, 3.63) is 88.9 Å². The number of rotatable bonds is 7. The first kappa shape index (κ1) is 21.9. The zero-order chi connectivity index (χ0) is 21.7. The molecule has 30 heavy (non-hydrogen) atoms. The highest BCUT2D eigenvalue weighted by atomic mass is 35.5. The van der Waals surface area contributed by atoms with Crippen LogP contribution in [0.4, 0.5) is 11.4 Å². The second kappa shape index (κ2) is 9.32. The molecule has 1 amide bonds. The first-order chi connectivity index (χ1) is 14.3. The number of benzene rings is 3. The van der Waals surface area contributed by atoms with Crippen molar-refractivity contribution in [2.45, 2.75) is 25.2 Å².